The van der Waals surface area contributed by atoms with Crippen LogP contribution in [0.2, 0.25) is 0 Å². The van der Waals surface area contributed by atoms with Gasteiger partial charge in [0.05, 0.1) is 19.7 Å². The quantitative estimate of drug-likeness (QED) is 0.364. The van der Waals surface area contributed by atoms with Crippen molar-refractivity contribution in [1.82, 2.24) is 0 Å². The third kappa shape index (κ3) is 2.62. The van der Waals surface area contributed by atoms with Gasteiger partial charge in [-0.1, -0.05) is 0 Å². The Kier molecular flexibility index (Phi) is 4.02. The second kappa shape index (κ2) is 5.17. The molecule has 6 nitrogen and oxygen atoms in total. The molecule has 0 aliphatic carbocycles. The van der Waals surface area contributed by atoms with Crippen LogP contribution >= 0.6 is 0 Å². The predicted octanol–water partition coefficient (Wildman–Crippen LogP) is -3.14. The zero-order chi connectivity index (χ0) is 12.5. The molecule has 6 heteroatoms. The van der Waals surface area contributed by atoms with Gasteiger partial charge >= 0.3 is 0 Å². The summed E-state index contributed by atoms with van der Waals surface area (Å²) in [5, 5.41) is 38.6. The molecular formula is C11H22NO5+. The fourth-order valence-corrected chi connectivity index (χ4v) is 2.75. The van der Waals surface area contributed by atoms with Gasteiger partial charge in [-0.05, 0) is 19.3 Å². The fraction of sp³-hybridized carbons (Fsp3) is 1.00. The fourth-order valence-electron chi connectivity index (χ4n) is 2.75. The van der Waals surface area contributed by atoms with Crippen molar-refractivity contribution in [3.63, 3.8) is 0 Å². The zero-order valence-electron chi connectivity index (χ0n) is 9.88. The summed E-state index contributed by atoms with van der Waals surface area (Å²) in [5.74, 6) is -1.74. The molecule has 17 heavy (non-hydrogen) atoms. The van der Waals surface area contributed by atoms with Crippen LogP contribution in [0.1, 0.15) is 19.3 Å². The number of rotatable bonds is 3. The molecule has 0 radical (unpaired) electrons. The molecule has 2 rings (SSSR count). The van der Waals surface area contributed by atoms with E-state index in [-0.39, 0.29) is 6.54 Å². The van der Waals surface area contributed by atoms with Crippen LogP contribution in [0.4, 0.5) is 0 Å². The average Bonchev–Trinajstić information content (AvgIpc) is 2.55. The maximum atomic E-state index is 10.2. The van der Waals surface area contributed by atoms with Gasteiger partial charge in [-0.25, -0.2) is 0 Å². The zero-order valence-corrected chi connectivity index (χ0v) is 9.88. The number of quaternary nitrogens is 1. The van der Waals surface area contributed by atoms with Crippen molar-refractivity contribution in [1.29, 1.82) is 0 Å². The molecule has 2 aliphatic rings. The number of hydrogen-bond donors (Lipinski definition) is 5. The van der Waals surface area contributed by atoms with E-state index in [0.717, 1.165) is 25.9 Å². The van der Waals surface area contributed by atoms with Crippen molar-refractivity contribution in [2.45, 2.75) is 43.4 Å². The Morgan fingerprint density at radius 3 is 2.35 bits per heavy atom. The van der Waals surface area contributed by atoms with Crippen molar-refractivity contribution in [3.05, 3.63) is 0 Å². The first-order valence-corrected chi connectivity index (χ1v) is 6.27. The minimum Gasteiger partial charge on any atom is -0.394 e. The number of likely N-dealkylation sites (tertiary alicyclic amines) is 1. The Labute approximate surface area is 100 Å². The number of aliphatic hydroxyl groups is 4. The summed E-state index contributed by atoms with van der Waals surface area (Å²) in [5.41, 5.74) is 0. The molecular weight excluding hydrogens is 226 g/mol. The Balaban J connectivity index is 1.98. The van der Waals surface area contributed by atoms with Gasteiger partial charge in [-0.3, -0.25) is 0 Å². The highest BCUT2D eigenvalue weighted by Crippen LogP contribution is 2.28. The summed E-state index contributed by atoms with van der Waals surface area (Å²) >= 11 is 0. The number of aliphatic hydroxyl groups excluding tert-OH is 3. The van der Waals surface area contributed by atoms with Crippen molar-refractivity contribution in [2.24, 2.45) is 0 Å². The second-order valence-electron chi connectivity index (χ2n) is 5.11. The van der Waals surface area contributed by atoms with E-state index in [1.54, 1.807) is 0 Å². The molecule has 0 saturated carbocycles. The van der Waals surface area contributed by atoms with Gasteiger partial charge in [0.1, 0.15) is 24.9 Å². The third-order valence-corrected chi connectivity index (χ3v) is 3.77. The second-order valence-corrected chi connectivity index (χ2v) is 5.11. The topological polar surface area (TPSA) is 94.6 Å². The largest absolute Gasteiger partial charge is 0.394 e. The lowest BCUT2D eigenvalue weighted by Crippen LogP contribution is -3.15. The number of ether oxygens (including phenoxy) is 1. The van der Waals surface area contributed by atoms with E-state index in [1.807, 2.05) is 0 Å². The summed E-state index contributed by atoms with van der Waals surface area (Å²) < 4.78 is 5.21. The van der Waals surface area contributed by atoms with Crippen LogP contribution in [0.15, 0.2) is 0 Å². The van der Waals surface area contributed by atoms with Gasteiger partial charge in [-0.15, -0.1) is 0 Å². The molecule has 2 fully saturated rings. The van der Waals surface area contributed by atoms with Gasteiger partial charge in [0.2, 0.25) is 5.79 Å². The summed E-state index contributed by atoms with van der Waals surface area (Å²) in [6.45, 7) is 1.73. The molecule has 100 valence electrons. The standard InChI is InChI=1S/C11H21NO5/c13-6-8-9(14)10(15)11(16,17-8)7-12-4-2-1-3-5-12/h8-10,13-16H,1-7H2/p+1/t8-,9+,10+,11+/m0/s1. The molecule has 0 amide bonds. The maximum absolute atomic E-state index is 10.2. The first kappa shape index (κ1) is 13.2. The van der Waals surface area contributed by atoms with E-state index in [9.17, 15) is 15.3 Å². The van der Waals surface area contributed by atoms with Gasteiger partial charge < -0.3 is 30.1 Å². The summed E-state index contributed by atoms with van der Waals surface area (Å²) in [4.78, 5) is 1.17. The van der Waals surface area contributed by atoms with Crippen molar-refractivity contribution in [2.75, 3.05) is 26.2 Å². The van der Waals surface area contributed by atoms with Crippen molar-refractivity contribution in [3.8, 4) is 0 Å². The molecule has 4 atom stereocenters. The lowest BCUT2D eigenvalue weighted by Gasteiger charge is -2.32. The number of hydrogen-bond acceptors (Lipinski definition) is 5. The van der Waals surface area contributed by atoms with Crippen LogP contribution in [0.3, 0.4) is 0 Å². The van der Waals surface area contributed by atoms with E-state index in [2.05, 4.69) is 0 Å². The molecule has 5 N–H and O–H groups in total. The van der Waals surface area contributed by atoms with Crippen LogP contribution in [0.25, 0.3) is 0 Å². The maximum Gasteiger partial charge on any atom is 0.246 e. The molecule has 0 aromatic carbocycles. The highest BCUT2D eigenvalue weighted by atomic mass is 16.7. The normalized spacial score (nSPS) is 44.1. The predicted molar refractivity (Wildman–Crippen MR) is 58.3 cm³/mol. The van der Waals surface area contributed by atoms with Crippen molar-refractivity contribution >= 4 is 0 Å². The average molecular weight is 248 g/mol. The van der Waals surface area contributed by atoms with Crippen LogP contribution in [0.5, 0.6) is 0 Å². The molecule has 0 spiro atoms. The van der Waals surface area contributed by atoms with Gasteiger partial charge in [0, 0.05) is 0 Å². The van der Waals surface area contributed by atoms with Gasteiger partial charge in [0.25, 0.3) is 0 Å². The van der Waals surface area contributed by atoms with E-state index < -0.39 is 30.7 Å². The minimum atomic E-state index is -1.74. The Morgan fingerprint density at radius 1 is 1.18 bits per heavy atom. The lowest BCUT2D eigenvalue weighted by molar-refractivity contribution is -0.915. The lowest BCUT2D eigenvalue weighted by atomic mass is 10.0. The van der Waals surface area contributed by atoms with Crippen LogP contribution in [-0.4, -0.2) is 70.8 Å². The minimum absolute atomic E-state index is 0.252. The molecule has 0 bridgehead atoms. The van der Waals surface area contributed by atoms with Gasteiger partial charge in [-0.2, -0.15) is 0 Å². The van der Waals surface area contributed by atoms with Crippen LogP contribution in [0, 0.1) is 0 Å². The Bertz CT molecular complexity index is 258. The molecule has 0 aromatic heterocycles. The monoisotopic (exact) mass is 248 g/mol. The first-order valence-electron chi connectivity index (χ1n) is 6.27. The number of nitrogens with one attached hydrogen (secondary N) is 1. The van der Waals surface area contributed by atoms with E-state index in [4.69, 9.17) is 9.84 Å². The molecule has 2 aliphatic heterocycles. The summed E-state index contributed by atoms with van der Waals surface area (Å²) in [6.07, 6.45) is -0.0729. The highest BCUT2D eigenvalue weighted by Gasteiger charge is 2.55. The molecule has 2 heterocycles. The molecule has 2 saturated heterocycles. The first-order chi connectivity index (χ1) is 8.07. The Hall–Kier alpha value is -0.240. The van der Waals surface area contributed by atoms with Crippen LogP contribution in [-0.2, 0) is 4.74 Å². The summed E-state index contributed by atoms with van der Waals surface area (Å²) in [7, 11) is 0. The highest BCUT2D eigenvalue weighted by molar-refractivity contribution is 4.95. The van der Waals surface area contributed by atoms with Gasteiger partial charge in [0.15, 0.2) is 0 Å². The Morgan fingerprint density at radius 2 is 1.82 bits per heavy atom. The SMILES string of the molecule is OC[C@@H]1O[C@](O)(C[NH+]2CCCCC2)[C@H](O)[C@@H]1O. The smallest absolute Gasteiger partial charge is 0.246 e. The number of piperidine rings is 1. The van der Waals surface area contributed by atoms with E-state index in [1.165, 1.54) is 11.3 Å². The summed E-state index contributed by atoms with van der Waals surface area (Å²) in [6, 6.07) is 0. The molecule has 0 aromatic rings. The van der Waals surface area contributed by atoms with E-state index >= 15 is 0 Å². The van der Waals surface area contributed by atoms with E-state index in [0.29, 0.717) is 0 Å². The van der Waals surface area contributed by atoms with Crippen LogP contribution < -0.4 is 4.90 Å². The van der Waals surface area contributed by atoms with Crippen molar-refractivity contribution < 1.29 is 30.1 Å². The third-order valence-electron chi connectivity index (χ3n) is 3.77. The molecule has 0 unspecified atom stereocenters.